The lowest BCUT2D eigenvalue weighted by Gasteiger charge is -2.21. The molecule has 1 N–H and O–H groups in total. The minimum Gasteiger partial charge on any atom is -0.377 e. The third kappa shape index (κ3) is 5.02. The van der Waals surface area contributed by atoms with Crippen LogP contribution in [0.5, 0.6) is 0 Å². The van der Waals surface area contributed by atoms with Gasteiger partial charge in [-0.2, -0.15) is 4.31 Å². The van der Waals surface area contributed by atoms with Crippen LogP contribution < -0.4 is 5.32 Å². The van der Waals surface area contributed by atoms with Crippen molar-refractivity contribution >= 4 is 15.9 Å². The Morgan fingerprint density at radius 3 is 2.57 bits per heavy atom. The molecule has 7 heteroatoms. The molecule has 1 saturated heterocycles. The molecule has 1 aromatic carbocycles. The number of carbonyl (C=O) groups is 1. The van der Waals surface area contributed by atoms with Crippen LogP contribution in [-0.4, -0.2) is 44.1 Å². The lowest BCUT2D eigenvalue weighted by atomic mass is 10.1. The fourth-order valence-electron chi connectivity index (χ4n) is 2.68. The van der Waals surface area contributed by atoms with Gasteiger partial charge < -0.3 is 10.1 Å². The largest absolute Gasteiger partial charge is 0.377 e. The minimum absolute atomic E-state index is 0.230. The summed E-state index contributed by atoms with van der Waals surface area (Å²) in [4.78, 5) is 12.2. The Kier molecular flexibility index (Phi) is 6.15. The van der Waals surface area contributed by atoms with E-state index in [0.29, 0.717) is 32.7 Å². The standard InChI is InChI=1S/C16H24N2O4S/c1-3-22-12-14-8-6-13(7-9-14)11-17-16(19)15-5-4-10-18(15)23(2,20)21/h6-9,15H,3-5,10-12H2,1-2H3,(H,17,19). The zero-order valence-electron chi connectivity index (χ0n) is 13.6. The van der Waals surface area contributed by atoms with E-state index in [1.807, 2.05) is 31.2 Å². The molecule has 128 valence electrons. The Balaban J connectivity index is 1.89. The Bertz CT molecular complexity index is 628. The Labute approximate surface area is 137 Å². The second-order valence-corrected chi connectivity index (χ2v) is 7.64. The first kappa shape index (κ1) is 17.9. The van der Waals surface area contributed by atoms with E-state index in [2.05, 4.69) is 5.32 Å². The summed E-state index contributed by atoms with van der Waals surface area (Å²) < 4.78 is 30.0. The number of hydrogen-bond donors (Lipinski definition) is 1. The maximum atomic E-state index is 12.2. The highest BCUT2D eigenvalue weighted by Gasteiger charge is 2.36. The molecule has 0 spiro atoms. The van der Waals surface area contributed by atoms with Crippen LogP contribution in [0.4, 0.5) is 0 Å². The number of benzene rings is 1. The van der Waals surface area contributed by atoms with Crippen LogP contribution in [0, 0.1) is 0 Å². The van der Waals surface area contributed by atoms with Gasteiger partial charge >= 0.3 is 0 Å². The van der Waals surface area contributed by atoms with Crippen molar-refractivity contribution < 1.29 is 17.9 Å². The molecule has 1 aliphatic rings. The Morgan fingerprint density at radius 1 is 1.30 bits per heavy atom. The number of hydrogen-bond acceptors (Lipinski definition) is 4. The molecule has 1 heterocycles. The predicted octanol–water partition coefficient (Wildman–Crippen LogP) is 1.26. The second-order valence-electron chi connectivity index (χ2n) is 5.70. The maximum Gasteiger partial charge on any atom is 0.238 e. The quantitative estimate of drug-likeness (QED) is 0.811. The van der Waals surface area contributed by atoms with Crippen LogP contribution in [0.1, 0.15) is 30.9 Å². The van der Waals surface area contributed by atoms with E-state index in [9.17, 15) is 13.2 Å². The van der Waals surface area contributed by atoms with Crippen LogP contribution in [0.25, 0.3) is 0 Å². The van der Waals surface area contributed by atoms with Gasteiger partial charge in [0.2, 0.25) is 15.9 Å². The Hall–Kier alpha value is -1.44. The number of rotatable bonds is 7. The summed E-state index contributed by atoms with van der Waals surface area (Å²) in [6.07, 6.45) is 2.44. The van der Waals surface area contributed by atoms with Gasteiger partial charge in [0.1, 0.15) is 6.04 Å². The number of amides is 1. The molecule has 0 aliphatic carbocycles. The van der Waals surface area contributed by atoms with Crippen molar-refractivity contribution in [1.82, 2.24) is 9.62 Å². The van der Waals surface area contributed by atoms with Gasteiger partial charge in [-0.05, 0) is 30.9 Å². The van der Waals surface area contributed by atoms with E-state index < -0.39 is 16.1 Å². The fourth-order valence-corrected chi connectivity index (χ4v) is 3.80. The normalized spacial score (nSPS) is 19.0. The fraction of sp³-hybridized carbons (Fsp3) is 0.562. The molecule has 0 aromatic heterocycles. The third-order valence-electron chi connectivity index (χ3n) is 3.89. The molecular weight excluding hydrogens is 316 g/mol. The van der Waals surface area contributed by atoms with Gasteiger partial charge in [-0.25, -0.2) is 8.42 Å². The van der Waals surface area contributed by atoms with E-state index in [0.717, 1.165) is 23.8 Å². The summed E-state index contributed by atoms with van der Waals surface area (Å²) in [5, 5.41) is 2.83. The van der Waals surface area contributed by atoms with E-state index in [1.165, 1.54) is 4.31 Å². The highest BCUT2D eigenvalue weighted by molar-refractivity contribution is 7.88. The molecule has 0 radical (unpaired) electrons. The average Bonchev–Trinajstić information content (AvgIpc) is 3.01. The van der Waals surface area contributed by atoms with Crippen LogP contribution in [0.2, 0.25) is 0 Å². The molecule has 0 bridgehead atoms. The van der Waals surface area contributed by atoms with Crippen molar-refractivity contribution in [3.8, 4) is 0 Å². The van der Waals surface area contributed by atoms with Gasteiger partial charge in [-0.3, -0.25) is 4.79 Å². The topological polar surface area (TPSA) is 75.7 Å². The van der Waals surface area contributed by atoms with E-state index in [4.69, 9.17) is 4.74 Å². The first-order valence-corrected chi connectivity index (χ1v) is 9.66. The molecule has 2 rings (SSSR count). The summed E-state index contributed by atoms with van der Waals surface area (Å²) in [6, 6.07) is 7.24. The number of sulfonamides is 1. The SMILES string of the molecule is CCOCc1ccc(CNC(=O)C2CCCN2S(C)(=O)=O)cc1. The smallest absolute Gasteiger partial charge is 0.238 e. The molecule has 6 nitrogen and oxygen atoms in total. The van der Waals surface area contributed by atoms with Crippen LogP contribution >= 0.6 is 0 Å². The summed E-state index contributed by atoms with van der Waals surface area (Å²) >= 11 is 0. The lowest BCUT2D eigenvalue weighted by Crippen LogP contribution is -2.45. The molecule has 1 amide bonds. The van der Waals surface area contributed by atoms with Gasteiger partial charge in [-0.1, -0.05) is 24.3 Å². The van der Waals surface area contributed by atoms with E-state index >= 15 is 0 Å². The van der Waals surface area contributed by atoms with Crippen molar-refractivity contribution in [2.75, 3.05) is 19.4 Å². The van der Waals surface area contributed by atoms with Gasteiger partial charge in [0, 0.05) is 19.7 Å². The third-order valence-corrected chi connectivity index (χ3v) is 5.18. The maximum absolute atomic E-state index is 12.2. The van der Waals surface area contributed by atoms with E-state index in [1.54, 1.807) is 0 Å². The molecule has 1 unspecified atom stereocenters. The number of nitrogens with one attached hydrogen (secondary N) is 1. The second kappa shape index (κ2) is 7.90. The van der Waals surface area contributed by atoms with Crippen LogP contribution in [0.15, 0.2) is 24.3 Å². The van der Waals surface area contributed by atoms with Crippen molar-refractivity contribution in [2.24, 2.45) is 0 Å². The molecular formula is C16H24N2O4S. The highest BCUT2D eigenvalue weighted by atomic mass is 32.2. The number of ether oxygens (including phenoxy) is 1. The van der Waals surface area contributed by atoms with Gasteiger partial charge in [0.15, 0.2) is 0 Å². The molecule has 1 aliphatic heterocycles. The zero-order chi connectivity index (χ0) is 16.9. The molecule has 0 saturated carbocycles. The van der Waals surface area contributed by atoms with Gasteiger partial charge in [0.25, 0.3) is 0 Å². The molecule has 1 fully saturated rings. The number of carbonyl (C=O) groups excluding carboxylic acids is 1. The highest BCUT2D eigenvalue weighted by Crippen LogP contribution is 2.20. The first-order chi connectivity index (χ1) is 10.9. The van der Waals surface area contributed by atoms with Crippen LogP contribution in [0.3, 0.4) is 0 Å². The summed E-state index contributed by atoms with van der Waals surface area (Å²) in [7, 11) is -3.34. The van der Waals surface area contributed by atoms with Crippen molar-refractivity contribution in [2.45, 2.75) is 39.0 Å². The monoisotopic (exact) mass is 340 g/mol. The summed E-state index contributed by atoms with van der Waals surface area (Å²) in [5.74, 6) is -0.230. The summed E-state index contributed by atoms with van der Waals surface area (Å²) in [6.45, 7) is 4.02. The average molecular weight is 340 g/mol. The predicted molar refractivity (Wildman–Crippen MR) is 88.2 cm³/mol. The van der Waals surface area contributed by atoms with Gasteiger partial charge in [0.05, 0.1) is 12.9 Å². The van der Waals surface area contributed by atoms with Gasteiger partial charge in [-0.15, -0.1) is 0 Å². The molecule has 1 aromatic rings. The first-order valence-electron chi connectivity index (χ1n) is 7.82. The summed E-state index contributed by atoms with van der Waals surface area (Å²) in [5.41, 5.74) is 2.06. The Morgan fingerprint density at radius 2 is 1.96 bits per heavy atom. The van der Waals surface area contributed by atoms with Crippen molar-refractivity contribution in [3.63, 3.8) is 0 Å². The van der Waals surface area contributed by atoms with Crippen molar-refractivity contribution in [3.05, 3.63) is 35.4 Å². The molecule has 1 atom stereocenters. The number of nitrogens with zero attached hydrogens (tertiary/aromatic N) is 1. The van der Waals surface area contributed by atoms with Crippen LogP contribution in [-0.2, 0) is 32.7 Å². The minimum atomic E-state index is -3.34. The van der Waals surface area contributed by atoms with Crippen molar-refractivity contribution in [1.29, 1.82) is 0 Å². The lowest BCUT2D eigenvalue weighted by molar-refractivity contribution is -0.124. The zero-order valence-corrected chi connectivity index (χ0v) is 14.4. The molecule has 23 heavy (non-hydrogen) atoms. The van der Waals surface area contributed by atoms with E-state index in [-0.39, 0.29) is 5.91 Å².